The summed E-state index contributed by atoms with van der Waals surface area (Å²) in [5.41, 5.74) is 1.02. The predicted octanol–water partition coefficient (Wildman–Crippen LogP) is 1.97. The summed E-state index contributed by atoms with van der Waals surface area (Å²) in [6.07, 6.45) is 1.03. The molecule has 0 spiro atoms. The minimum absolute atomic E-state index is 0.165. The van der Waals surface area contributed by atoms with Gasteiger partial charge in [-0.1, -0.05) is 25.1 Å². The molecule has 1 N–H and O–H groups in total. The van der Waals surface area contributed by atoms with Crippen molar-refractivity contribution in [1.82, 2.24) is 5.32 Å². The number of hydrogen-bond donors (Lipinski definition) is 1. The van der Waals surface area contributed by atoms with Gasteiger partial charge in [-0.15, -0.1) is 0 Å². The van der Waals surface area contributed by atoms with Crippen molar-refractivity contribution in [3.05, 3.63) is 29.8 Å². The predicted molar refractivity (Wildman–Crippen MR) is 62.1 cm³/mol. The summed E-state index contributed by atoms with van der Waals surface area (Å²) in [6, 6.07) is 7.74. The lowest BCUT2D eigenvalue weighted by Crippen LogP contribution is -2.25. The Labute approximate surface area is 95.8 Å². The van der Waals surface area contributed by atoms with Crippen molar-refractivity contribution in [2.24, 2.45) is 11.8 Å². The molecule has 2 atom stereocenters. The lowest BCUT2D eigenvalue weighted by Gasteiger charge is -2.09. The summed E-state index contributed by atoms with van der Waals surface area (Å²) in [6.45, 7) is 2.65. The highest BCUT2D eigenvalue weighted by Crippen LogP contribution is 2.37. The molecule has 1 aliphatic rings. The third-order valence-electron chi connectivity index (χ3n) is 3.09. The highest BCUT2D eigenvalue weighted by molar-refractivity contribution is 5.81. The Balaban J connectivity index is 1.91. The zero-order chi connectivity index (χ0) is 11.5. The van der Waals surface area contributed by atoms with Gasteiger partial charge in [0.1, 0.15) is 5.75 Å². The van der Waals surface area contributed by atoms with E-state index in [0.29, 0.717) is 12.5 Å². The van der Waals surface area contributed by atoms with Crippen LogP contribution in [0, 0.1) is 11.8 Å². The smallest absolute Gasteiger partial charge is 0.223 e. The summed E-state index contributed by atoms with van der Waals surface area (Å²) >= 11 is 0. The van der Waals surface area contributed by atoms with Gasteiger partial charge in [0, 0.05) is 18.0 Å². The van der Waals surface area contributed by atoms with Crippen LogP contribution < -0.4 is 10.1 Å². The second-order valence-corrected chi connectivity index (χ2v) is 4.35. The summed E-state index contributed by atoms with van der Waals surface area (Å²) in [5, 5.41) is 2.95. The molecule has 1 saturated carbocycles. The molecule has 0 saturated heterocycles. The Morgan fingerprint density at radius 3 is 2.81 bits per heavy atom. The van der Waals surface area contributed by atoms with Gasteiger partial charge in [-0.2, -0.15) is 0 Å². The lowest BCUT2D eigenvalue weighted by atomic mass is 10.2. The second kappa shape index (κ2) is 4.56. The number of hydrogen-bond acceptors (Lipinski definition) is 2. The average Bonchev–Trinajstić information content (AvgIpc) is 3.04. The molecule has 0 aliphatic heterocycles. The summed E-state index contributed by atoms with van der Waals surface area (Å²) < 4.78 is 5.22. The molecule has 1 aromatic carbocycles. The molecule has 2 rings (SSSR count). The van der Waals surface area contributed by atoms with Gasteiger partial charge in [0.15, 0.2) is 0 Å². The molecule has 1 fully saturated rings. The van der Waals surface area contributed by atoms with Crippen LogP contribution in [0.1, 0.15) is 18.9 Å². The van der Waals surface area contributed by atoms with Crippen LogP contribution in [0.25, 0.3) is 0 Å². The number of carbonyl (C=O) groups is 1. The van der Waals surface area contributed by atoms with E-state index in [9.17, 15) is 4.79 Å². The zero-order valence-corrected chi connectivity index (χ0v) is 9.69. The van der Waals surface area contributed by atoms with Gasteiger partial charge in [0.2, 0.25) is 5.91 Å². The van der Waals surface area contributed by atoms with E-state index >= 15 is 0 Å². The highest BCUT2D eigenvalue weighted by atomic mass is 16.5. The number of amides is 1. The van der Waals surface area contributed by atoms with Crippen molar-refractivity contribution in [3.8, 4) is 5.75 Å². The van der Waals surface area contributed by atoms with Crippen molar-refractivity contribution in [1.29, 1.82) is 0 Å². The molecule has 0 radical (unpaired) electrons. The topological polar surface area (TPSA) is 38.3 Å². The summed E-state index contributed by atoms with van der Waals surface area (Å²) in [5.74, 6) is 1.78. The van der Waals surface area contributed by atoms with E-state index in [1.807, 2.05) is 24.3 Å². The second-order valence-electron chi connectivity index (χ2n) is 4.35. The Hall–Kier alpha value is -1.51. The molecule has 0 bridgehead atoms. The maximum absolute atomic E-state index is 11.6. The third-order valence-corrected chi connectivity index (χ3v) is 3.09. The molecule has 0 aromatic heterocycles. The Morgan fingerprint density at radius 1 is 1.50 bits per heavy atom. The van der Waals surface area contributed by atoms with Crippen LogP contribution in [-0.4, -0.2) is 13.0 Å². The van der Waals surface area contributed by atoms with Crippen molar-refractivity contribution in [3.63, 3.8) is 0 Å². The number of nitrogens with one attached hydrogen (secondary N) is 1. The van der Waals surface area contributed by atoms with E-state index in [0.717, 1.165) is 17.7 Å². The van der Waals surface area contributed by atoms with E-state index < -0.39 is 0 Å². The fraction of sp³-hybridized carbons (Fsp3) is 0.462. The van der Waals surface area contributed by atoms with Gasteiger partial charge in [0.05, 0.1) is 7.11 Å². The van der Waals surface area contributed by atoms with E-state index in [1.54, 1.807) is 7.11 Å². The highest BCUT2D eigenvalue weighted by Gasteiger charge is 2.38. The number of carbonyl (C=O) groups excluding carboxylic acids is 1. The van der Waals surface area contributed by atoms with Gasteiger partial charge in [0.25, 0.3) is 0 Å². The molecule has 16 heavy (non-hydrogen) atoms. The number of para-hydroxylation sites is 1. The molecular weight excluding hydrogens is 202 g/mol. The van der Waals surface area contributed by atoms with Gasteiger partial charge in [-0.3, -0.25) is 4.79 Å². The first kappa shape index (κ1) is 11.0. The molecule has 3 nitrogen and oxygen atoms in total. The summed E-state index contributed by atoms with van der Waals surface area (Å²) in [4.78, 5) is 11.6. The van der Waals surface area contributed by atoms with Gasteiger partial charge < -0.3 is 10.1 Å². The van der Waals surface area contributed by atoms with E-state index in [2.05, 4.69) is 12.2 Å². The first-order valence-corrected chi connectivity index (χ1v) is 5.62. The Morgan fingerprint density at radius 2 is 2.19 bits per heavy atom. The van der Waals surface area contributed by atoms with Crippen LogP contribution in [0.5, 0.6) is 5.75 Å². The standard InChI is InChI=1S/C13H17NO2/c1-9-7-11(9)13(15)14-8-10-5-3-4-6-12(10)16-2/h3-6,9,11H,7-8H2,1-2H3,(H,14,15)/t9-,11-/m0/s1. The van der Waals surface area contributed by atoms with Crippen LogP contribution in [0.15, 0.2) is 24.3 Å². The molecule has 0 unspecified atom stereocenters. The van der Waals surface area contributed by atoms with Crippen molar-refractivity contribution in [2.45, 2.75) is 19.9 Å². The maximum Gasteiger partial charge on any atom is 0.223 e. The fourth-order valence-corrected chi connectivity index (χ4v) is 1.85. The molecule has 1 amide bonds. The van der Waals surface area contributed by atoms with Gasteiger partial charge in [-0.25, -0.2) is 0 Å². The third kappa shape index (κ3) is 2.35. The van der Waals surface area contributed by atoms with Crippen LogP contribution in [0.3, 0.4) is 0 Å². The molecule has 86 valence electrons. The maximum atomic E-state index is 11.6. The first-order valence-electron chi connectivity index (χ1n) is 5.62. The molecular formula is C13H17NO2. The first-order chi connectivity index (χ1) is 7.72. The minimum atomic E-state index is 0.165. The Bertz CT molecular complexity index is 389. The van der Waals surface area contributed by atoms with Crippen LogP contribution >= 0.6 is 0 Å². The molecule has 1 aliphatic carbocycles. The van der Waals surface area contributed by atoms with E-state index in [1.165, 1.54) is 0 Å². The van der Waals surface area contributed by atoms with Crippen LogP contribution in [0.4, 0.5) is 0 Å². The number of ether oxygens (including phenoxy) is 1. The number of rotatable bonds is 4. The molecule has 1 aromatic rings. The quantitative estimate of drug-likeness (QED) is 0.840. The van der Waals surface area contributed by atoms with Gasteiger partial charge >= 0.3 is 0 Å². The van der Waals surface area contributed by atoms with E-state index in [4.69, 9.17) is 4.74 Å². The van der Waals surface area contributed by atoms with Crippen LogP contribution in [0.2, 0.25) is 0 Å². The normalized spacial score (nSPS) is 22.6. The van der Waals surface area contributed by atoms with Crippen molar-refractivity contribution >= 4 is 5.91 Å². The molecule has 0 heterocycles. The monoisotopic (exact) mass is 219 g/mol. The SMILES string of the molecule is COc1ccccc1CNC(=O)[C@H]1C[C@@H]1C. The van der Waals surface area contributed by atoms with Crippen LogP contribution in [-0.2, 0) is 11.3 Å². The molecule has 3 heteroatoms. The number of benzene rings is 1. The summed E-state index contributed by atoms with van der Waals surface area (Å²) in [7, 11) is 1.64. The van der Waals surface area contributed by atoms with Crippen molar-refractivity contribution < 1.29 is 9.53 Å². The number of methoxy groups -OCH3 is 1. The minimum Gasteiger partial charge on any atom is -0.496 e. The van der Waals surface area contributed by atoms with E-state index in [-0.39, 0.29) is 11.8 Å². The average molecular weight is 219 g/mol. The fourth-order valence-electron chi connectivity index (χ4n) is 1.85. The lowest BCUT2D eigenvalue weighted by molar-refractivity contribution is -0.122. The van der Waals surface area contributed by atoms with Crippen molar-refractivity contribution in [2.75, 3.05) is 7.11 Å². The largest absolute Gasteiger partial charge is 0.496 e. The van der Waals surface area contributed by atoms with Gasteiger partial charge in [-0.05, 0) is 18.4 Å². The Kier molecular flexibility index (Phi) is 3.13. The zero-order valence-electron chi connectivity index (χ0n) is 9.69.